The van der Waals surface area contributed by atoms with Gasteiger partial charge in [-0.1, -0.05) is 22.0 Å². The molecule has 3 aromatic rings. The summed E-state index contributed by atoms with van der Waals surface area (Å²) >= 11 is 3.44. The summed E-state index contributed by atoms with van der Waals surface area (Å²) in [5, 5.41) is 7.22. The van der Waals surface area contributed by atoms with Crippen molar-refractivity contribution in [3.05, 3.63) is 46.7 Å². The van der Waals surface area contributed by atoms with Crippen LogP contribution in [0.3, 0.4) is 0 Å². The average Bonchev–Trinajstić information content (AvgIpc) is 2.96. The van der Waals surface area contributed by atoms with Crippen LogP contribution < -0.4 is 11.1 Å². The molecule has 3 rings (SSSR count). The van der Waals surface area contributed by atoms with Crippen molar-refractivity contribution in [3.63, 3.8) is 0 Å². The van der Waals surface area contributed by atoms with Gasteiger partial charge in [0.05, 0.1) is 0 Å². The summed E-state index contributed by atoms with van der Waals surface area (Å²) in [5.74, 6) is 0.863. The highest BCUT2D eigenvalue weighted by Gasteiger charge is 2.08. The highest BCUT2D eigenvalue weighted by Crippen LogP contribution is 2.23. The maximum atomic E-state index is 5.73. The largest absolute Gasteiger partial charge is 0.368 e. The predicted octanol–water partition coefficient (Wildman–Crippen LogP) is 2.45. The monoisotopic (exact) mass is 345 g/mol. The van der Waals surface area contributed by atoms with E-state index >= 15 is 0 Å². The quantitative estimate of drug-likeness (QED) is 0.757. The maximum Gasteiger partial charge on any atom is 0.257 e. The standard InChI is InChI=1S/C13H12BrN7/c1-8-3-4-9(14)7-10(8)17-12-18-11(15)19-13(20-12)21-6-2-5-16-21/h2-7H,1H3,(H3,15,17,18,19,20). The Labute approximate surface area is 129 Å². The second-order valence-corrected chi connectivity index (χ2v) is 5.27. The molecule has 0 amide bonds. The molecule has 0 aliphatic rings. The number of nitrogens with one attached hydrogen (secondary N) is 1. The van der Waals surface area contributed by atoms with Gasteiger partial charge in [-0.15, -0.1) is 0 Å². The molecule has 8 heteroatoms. The van der Waals surface area contributed by atoms with Gasteiger partial charge in [0.1, 0.15) is 0 Å². The van der Waals surface area contributed by atoms with Crippen LogP contribution in [0.2, 0.25) is 0 Å². The van der Waals surface area contributed by atoms with Crippen molar-refractivity contribution in [1.29, 1.82) is 0 Å². The number of rotatable bonds is 3. The summed E-state index contributed by atoms with van der Waals surface area (Å²) in [6.45, 7) is 1.99. The van der Waals surface area contributed by atoms with Crippen molar-refractivity contribution >= 4 is 33.5 Å². The lowest BCUT2D eigenvalue weighted by Gasteiger charge is -2.10. The smallest absolute Gasteiger partial charge is 0.257 e. The summed E-state index contributed by atoms with van der Waals surface area (Å²) in [7, 11) is 0. The topological polar surface area (TPSA) is 94.5 Å². The number of hydrogen-bond donors (Lipinski definition) is 2. The molecule has 0 aliphatic heterocycles. The van der Waals surface area contributed by atoms with Crippen LogP contribution in [-0.2, 0) is 0 Å². The minimum atomic E-state index is 0.130. The Morgan fingerprint density at radius 1 is 1.24 bits per heavy atom. The Balaban J connectivity index is 1.97. The number of halogens is 1. The first-order valence-electron chi connectivity index (χ1n) is 6.16. The molecule has 1 aromatic carbocycles. The SMILES string of the molecule is Cc1ccc(Br)cc1Nc1nc(N)nc(-n2cccn2)n1. The molecule has 2 heterocycles. The molecular weight excluding hydrogens is 334 g/mol. The number of aryl methyl sites for hydroxylation is 1. The van der Waals surface area contributed by atoms with Gasteiger partial charge in [0, 0.05) is 22.6 Å². The molecule has 0 atom stereocenters. The van der Waals surface area contributed by atoms with Crippen LogP contribution in [0, 0.1) is 6.92 Å². The summed E-state index contributed by atoms with van der Waals surface area (Å²) in [5.41, 5.74) is 7.69. The Morgan fingerprint density at radius 2 is 2.10 bits per heavy atom. The van der Waals surface area contributed by atoms with Crippen molar-refractivity contribution < 1.29 is 0 Å². The van der Waals surface area contributed by atoms with Gasteiger partial charge in [-0.2, -0.15) is 20.1 Å². The lowest BCUT2D eigenvalue weighted by molar-refractivity contribution is 0.801. The van der Waals surface area contributed by atoms with Crippen LogP contribution in [0.15, 0.2) is 41.1 Å². The molecule has 0 aliphatic carbocycles. The van der Waals surface area contributed by atoms with Gasteiger partial charge in [0.2, 0.25) is 11.9 Å². The minimum absolute atomic E-state index is 0.130. The number of nitrogen functional groups attached to an aromatic ring is 1. The van der Waals surface area contributed by atoms with E-state index < -0.39 is 0 Å². The third kappa shape index (κ3) is 3.00. The zero-order valence-electron chi connectivity index (χ0n) is 11.2. The van der Waals surface area contributed by atoms with E-state index in [-0.39, 0.29) is 5.95 Å². The number of aromatic nitrogens is 5. The van der Waals surface area contributed by atoms with Crippen LogP contribution in [0.4, 0.5) is 17.6 Å². The van der Waals surface area contributed by atoms with E-state index in [2.05, 4.69) is 41.3 Å². The summed E-state index contributed by atoms with van der Waals surface area (Å²) in [6, 6.07) is 7.69. The number of nitrogens with two attached hydrogens (primary N) is 1. The summed E-state index contributed by atoms with van der Waals surface area (Å²) in [6.07, 6.45) is 3.38. The van der Waals surface area contributed by atoms with Crippen molar-refractivity contribution in [2.75, 3.05) is 11.1 Å². The number of hydrogen-bond acceptors (Lipinski definition) is 6. The van der Waals surface area contributed by atoms with E-state index in [1.165, 1.54) is 4.68 Å². The summed E-state index contributed by atoms with van der Waals surface area (Å²) in [4.78, 5) is 12.5. The molecule has 2 aromatic heterocycles. The van der Waals surface area contributed by atoms with Gasteiger partial charge in [-0.3, -0.25) is 0 Å². The molecule has 0 fully saturated rings. The van der Waals surface area contributed by atoms with Crippen LogP contribution in [-0.4, -0.2) is 24.7 Å². The fourth-order valence-electron chi connectivity index (χ4n) is 1.78. The molecule has 21 heavy (non-hydrogen) atoms. The fourth-order valence-corrected chi connectivity index (χ4v) is 2.14. The highest BCUT2D eigenvalue weighted by molar-refractivity contribution is 9.10. The van der Waals surface area contributed by atoms with Crippen molar-refractivity contribution in [2.24, 2.45) is 0 Å². The van der Waals surface area contributed by atoms with Crippen molar-refractivity contribution in [2.45, 2.75) is 6.92 Å². The van der Waals surface area contributed by atoms with Crippen LogP contribution >= 0.6 is 15.9 Å². The molecule has 3 N–H and O–H groups in total. The first kappa shape index (κ1) is 13.5. The van der Waals surface area contributed by atoms with Gasteiger partial charge in [-0.25, -0.2) is 4.68 Å². The molecule has 0 saturated carbocycles. The van der Waals surface area contributed by atoms with Crippen molar-refractivity contribution in [1.82, 2.24) is 24.7 Å². The predicted molar refractivity (Wildman–Crippen MR) is 83.5 cm³/mol. The van der Waals surface area contributed by atoms with Gasteiger partial charge < -0.3 is 11.1 Å². The lowest BCUT2D eigenvalue weighted by Crippen LogP contribution is -2.09. The normalized spacial score (nSPS) is 10.6. The van der Waals surface area contributed by atoms with E-state index in [1.807, 2.05) is 25.1 Å². The second-order valence-electron chi connectivity index (χ2n) is 4.35. The fraction of sp³-hybridized carbons (Fsp3) is 0.0769. The molecular formula is C13H12BrN7. The first-order valence-corrected chi connectivity index (χ1v) is 6.96. The van der Waals surface area contributed by atoms with E-state index in [0.717, 1.165) is 15.7 Å². The third-order valence-electron chi connectivity index (χ3n) is 2.80. The van der Waals surface area contributed by atoms with E-state index in [9.17, 15) is 0 Å². The van der Waals surface area contributed by atoms with Gasteiger partial charge >= 0.3 is 0 Å². The number of benzene rings is 1. The molecule has 106 valence electrons. The summed E-state index contributed by atoms with van der Waals surface area (Å²) < 4.78 is 2.49. The Morgan fingerprint density at radius 3 is 2.86 bits per heavy atom. The Bertz CT molecular complexity index is 770. The van der Waals surface area contributed by atoms with Crippen LogP contribution in [0.25, 0.3) is 5.95 Å². The maximum absolute atomic E-state index is 5.73. The third-order valence-corrected chi connectivity index (χ3v) is 3.29. The van der Waals surface area contributed by atoms with E-state index in [0.29, 0.717) is 11.9 Å². The number of anilines is 3. The van der Waals surface area contributed by atoms with Gasteiger partial charge in [0.15, 0.2) is 0 Å². The number of nitrogens with zero attached hydrogens (tertiary/aromatic N) is 5. The molecule has 0 bridgehead atoms. The first-order chi connectivity index (χ1) is 10.1. The molecule has 0 saturated heterocycles. The van der Waals surface area contributed by atoms with Crippen molar-refractivity contribution in [3.8, 4) is 5.95 Å². The zero-order chi connectivity index (χ0) is 14.8. The highest BCUT2D eigenvalue weighted by atomic mass is 79.9. The minimum Gasteiger partial charge on any atom is -0.368 e. The van der Waals surface area contributed by atoms with Crippen LogP contribution in [0.5, 0.6) is 0 Å². The molecule has 7 nitrogen and oxygen atoms in total. The van der Waals surface area contributed by atoms with Gasteiger partial charge in [0.25, 0.3) is 5.95 Å². The zero-order valence-corrected chi connectivity index (χ0v) is 12.7. The average molecular weight is 346 g/mol. The second kappa shape index (κ2) is 5.49. The Hall–Kier alpha value is -2.48. The van der Waals surface area contributed by atoms with E-state index in [4.69, 9.17) is 5.73 Å². The molecule has 0 radical (unpaired) electrons. The lowest BCUT2D eigenvalue weighted by atomic mass is 10.2. The van der Waals surface area contributed by atoms with Crippen LogP contribution in [0.1, 0.15) is 5.56 Å². The Kier molecular flexibility index (Phi) is 3.53. The van der Waals surface area contributed by atoms with Gasteiger partial charge in [-0.05, 0) is 30.7 Å². The molecule has 0 spiro atoms. The van der Waals surface area contributed by atoms with E-state index in [1.54, 1.807) is 18.5 Å². The molecule has 0 unspecified atom stereocenters.